The molecule has 3 rings (SSSR count). The number of nitrogen functional groups attached to an aromatic ring is 1. The maximum absolute atomic E-state index is 9.36. The fourth-order valence-corrected chi connectivity index (χ4v) is 2.66. The van der Waals surface area contributed by atoms with E-state index in [1.54, 1.807) is 16.8 Å². The number of halogens is 2. The van der Waals surface area contributed by atoms with E-state index >= 15 is 0 Å². The smallest absolute Gasteiger partial charge is 0.253 e. The van der Waals surface area contributed by atoms with Crippen LogP contribution in [0.4, 0.5) is 5.82 Å². The highest BCUT2D eigenvalue weighted by atomic mass is 79.9. The number of nitriles is 1. The lowest BCUT2D eigenvalue weighted by atomic mass is 10.2. The first-order chi connectivity index (χ1) is 12.1. The molecule has 0 atom stereocenters. The van der Waals surface area contributed by atoms with Crippen molar-refractivity contribution in [1.29, 1.82) is 5.26 Å². The van der Waals surface area contributed by atoms with Gasteiger partial charge in [-0.15, -0.1) is 5.10 Å². The highest BCUT2D eigenvalue weighted by molar-refractivity contribution is 9.10. The summed E-state index contributed by atoms with van der Waals surface area (Å²) in [4.78, 5) is 0. The van der Waals surface area contributed by atoms with Crippen molar-refractivity contribution < 1.29 is 4.74 Å². The molecule has 5 nitrogen and oxygen atoms in total. The van der Waals surface area contributed by atoms with Gasteiger partial charge in [-0.05, 0) is 35.4 Å². The van der Waals surface area contributed by atoms with E-state index in [0.29, 0.717) is 11.6 Å². The minimum absolute atomic E-state index is 0.229. The lowest BCUT2D eigenvalue weighted by Crippen LogP contribution is -2.06. The van der Waals surface area contributed by atoms with Gasteiger partial charge in [-0.1, -0.05) is 51.8 Å². The Morgan fingerprint density at radius 1 is 1.12 bits per heavy atom. The molecule has 0 saturated carbocycles. The molecular weight excluding hydrogens is 404 g/mol. The molecule has 1 heterocycles. The highest BCUT2D eigenvalue weighted by Gasteiger charge is 2.17. The van der Waals surface area contributed by atoms with Crippen molar-refractivity contribution in [2.75, 3.05) is 5.73 Å². The summed E-state index contributed by atoms with van der Waals surface area (Å²) < 4.78 is 8.25. The van der Waals surface area contributed by atoms with Gasteiger partial charge in [-0.2, -0.15) is 5.26 Å². The molecule has 25 heavy (non-hydrogen) atoms. The summed E-state index contributed by atoms with van der Waals surface area (Å²) in [5, 5.41) is 14.4. The summed E-state index contributed by atoms with van der Waals surface area (Å²) in [6.07, 6.45) is 0. The van der Waals surface area contributed by atoms with Gasteiger partial charge in [0.2, 0.25) is 0 Å². The first-order valence-electron chi connectivity index (χ1n) is 7.45. The number of nitrogens with zero attached hydrogens (tertiary/aromatic N) is 3. The Labute approximate surface area is 158 Å². The van der Waals surface area contributed by atoms with Gasteiger partial charge in [0.25, 0.3) is 5.88 Å². The first kappa shape index (κ1) is 17.3. The van der Waals surface area contributed by atoms with Crippen LogP contribution in [-0.4, -0.2) is 9.78 Å². The summed E-state index contributed by atoms with van der Waals surface area (Å²) in [5.74, 6) is 0.517. The topological polar surface area (TPSA) is 76.9 Å². The standard InChI is InChI=1S/C18H14BrClN4O/c19-14-5-1-12(2-6-14)10-24-17(22)16(9-21)18(23-24)25-11-13-3-7-15(20)8-4-13/h1-8H,10-11,22H2. The Morgan fingerprint density at radius 2 is 1.76 bits per heavy atom. The second-order valence-corrected chi connectivity index (χ2v) is 6.73. The third-order valence-corrected chi connectivity index (χ3v) is 4.39. The molecule has 0 bridgehead atoms. The normalized spacial score (nSPS) is 10.4. The van der Waals surface area contributed by atoms with Crippen molar-refractivity contribution in [3.05, 3.63) is 74.7 Å². The quantitative estimate of drug-likeness (QED) is 0.668. The molecular formula is C18H14BrClN4O. The van der Waals surface area contributed by atoms with Crippen LogP contribution < -0.4 is 10.5 Å². The third-order valence-electron chi connectivity index (χ3n) is 3.61. The van der Waals surface area contributed by atoms with Crippen LogP contribution in [0.2, 0.25) is 5.02 Å². The first-order valence-corrected chi connectivity index (χ1v) is 8.62. The van der Waals surface area contributed by atoms with Crippen molar-refractivity contribution in [2.45, 2.75) is 13.2 Å². The van der Waals surface area contributed by atoms with Gasteiger partial charge in [-0.3, -0.25) is 0 Å². The fourth-order valence-electron chi connectivity index (χ4n) is 2.27. The average molecular weight is 418 g/mol. The van der Waals surface area contributed by atoms with E-state index in [9.17, 15) is 5.26 Å². The Kier molecular flexibility index (Phi) is 5.27. The molecule has 126 valence electrons. The largest absolute Gasteiger partial charge is 0.471 e. The Balaban J connectivity index is 1.79. The predicted octanol–water partition coefficient (Wildman–Crippen LogP) is 4.38. The number of ether oxygens (including phenoxy) is 1. The molecule has 0 radical (unpaired) electrons. The van der Waals surface area contributed by atoms with Gasteiger partial charge in [0, 0.05) is 9.50 Å². The average Bonchev–Trinajstić information content (AvgIpc) is 2.91. The molecule has 0 fully saturated rings. The molecule has 0 saturated heterocycles. The van der Waals surface area contributed by atoms with Crippen LogP contribution in [0.5, 0.6) is 5.88 Å². The Bertz CT molecular complexity index is 914. The zero-order valence-corrected chi connectivity index (χ0v) is 15.5. The number of anilines is 1. The summed E-state index contributed by atoms with van der Waals surface area (Å²) in [6.45, 7) is 0.735. The molecule has 0 aliphatic carbocycles. The van der Waals surface area contributed by atoms with Crippen molar-refractivity contribution in [3.8, 4) is 11.9 Å². The monoisotopic (exact) mass is 416 g/mol. The maximum Gasteiger partial charge on any atom is 0.253 e. The molecule has 0 amide bonds. The van der Waals surface area contributed by atoms with Gasteiger partial charge in [-0.25, -0.2) is 4.68 Å². The fraction of sp³-hybridized carbons (Fsp3) is 0.111. The lowest BCUT2D eigenvalue weighted by molar-refractivity contribution is 0.289. The number of benzene rings is 2. The van der Waals surface area contributed by atoms with Crippen LogP contribution in [-0.2, 0) is 13.2 Å². The van der Waals surface area contributed by atoms with Crippen molar-refractivity contribution >= 4 is 33.3 Å². The molecule has 1 aromatic heterocycles. The van der Waals surface area contributed by atoms with Gasteiger partial charge in [0.1, 0.15) is 18.5 Å². The molecule has 7 heteroatoms. The van der Waals surface area contributed by atoms with Crippen LogP contribution in [0.3, 0.4) is 0 Å². The van der Waals surface area contributed by atoms with E-state index in [0.717, 1.165) is 15.6 Å². The molecule has 0 spiro atoms. The number of rotatable bonds is 5. The molecule has 3 aromatic rings. The van der Waals surface area contributed by atoms with Gasteiger partial charge < -0.3 is 10.5 Å². The number of hydrogen-bond donors (Lipinski definition) is 1. The van der Waals surface area contributed by atoms with Crippen LogP contribution in [0.1, 0.15) is 16.7 Å². The van der Waals surface area contributed by atoms with Crippen molar-refractivity contribution in [1.82, 2.24) is 9.78 Å². The van der Waals surface area contributed by atoms with Gasteiger partial charge >= 0.3 is 0 Å². The molecule has 0 aliphatic heterocycles. The van der Waals surface area contributed by atoms with Crippen LogP contribution in [0.15, 0.2) is 53.0 Å². The van der Waals surface area contributed by atoms with E-state index in [2.05, 4.69) is 27.1 Å². The Hall–Kier alpha value is -2.49. The minimum Gasteiger partial charge on any atom is -0.471 e. The SMILES string of the molecule is N#Cc1c(OCc2ccc(Cl)cc2)nn(Cc2ccc(Br)cc2)c1N. The van der Waals surface area contributed by atoms with E-state index in [-0.39, 0.29) is 23.9 Å². The van der Waals surface area contributed by atoms with Crippen LogP contribution in [0.25, 0.3) is 0 Å². The number of aromatic nitrogens is 2. The summed E-state index contributed by atoms with van der Waals surface area (Å²) in [7, 11) is 0. The molecule has 0 aliphatic rings. The Morgan fingerprint density at radius 3 is 2.40 bits per heavy atom. The molecule has 2 N–H and O–H groups in total. The second-order valence-electron chi connectivity index (χ2n) is 5.38. The van der Waals surface area contributed by atoms with E-state index in [4.69, 9.17) is 22.1 Å². The van der Waals surface area contributed by atoms with Crippen molar-refractivity contribution in [3.63, 3.8) is 0 Å². The van der Waals surface area contributed by atoms with Gasteiger partial charge in [0.15, 0.2) is 5.56 Å². The summed E-state index contributed by atoms with van der Waals surface area (Å²) >= 11 is 9.27. The predicted molar refractivity (Wildman–Crippen MR) is 100 cm³/mol. The zero-order chi connectivity index (χ0) is 17.8. The maximum atomic E-state index is 9.36. The van der Waals surface area contributed by atoms with E-state index in [1.807, 2.05) is 36.4 Å². The molecule has 0 unspecified atom stereocenters. The van der Waals surface area contributed by atoms with Crippen LogP contribution in [0, 0.1) is 11.3 Å². The number of nitrogens with two attached hydrogens (primary N) is 1. The second kappa shape index (κ2) is 7.60. The zero-order valence-electron chi connectivity index (χ0n) is 13.1. The summed E-state index contributed by atoms with van der Waals surface area (Å²) in [6, 6.07) is 17.2. The number of hydrogen-bond acceptors (Lipinski definition) is 4. The minimum atomic E-state index is 0.229. The summed E-state index contributed by atoms with van der Waals surface area (Å²) in [5.41, 5.74) is 8.24. The molecule has 2 aromatic carbocycles. The van der Waals surface area contributed by atoms with Crippen molar-refractivity contribution in [2.24, 2.45) is 0 Å². The third kappa shape index (κ3) is 4.13. The highest BCUT2D eigenvalue weighted by Crippen LogP contribution is 2.25. The van der Waals surface area contributed by atoms with Gasteiger partial charge in [0.05, 0.1) is 6.54 Å². The van der Waals surface area contributed by atoms with E-state index in [1.165, 1.54) is 0 Å². The lowest BCUT2D eigenvalue weighted by Gasteiger charge is -2.04. The van der Waals surface area contributed by atoms with E-state index < -0.39 is 0 Å². The van der Waals surface area contributed by atoms with Crippen LogP contribution >= 0.6 is 27.5 Å².